The minimum absolute atomic E-state index is 0.0360. The molecule has 3 N–H and O–H groups in total. The largest absolute Gasteiger partial charge is 0.495 e. The number of thioether (sulfide) groups is 3. The molecule has 26 heteroatoms. The number of likely N-dealkylation sites (N-methyl/N-ethyl adjacent to an activating group) is 1. The Hall–Kier alpha value is -4.60. The van der Waals surface area contributed by atoms with Gasteiger partial charge >= 0.3 is 12.1 Å². The predicted octanol–water partition coefficient (Wildman–Crippen LogP) is 3.72. The van der Waals surface area contributed by atoms with E-state index in [1.807, 2.05) is 13.0 Å². The number of aliphatic hydroxyl groups is 1. The lowest BCUT2D eigenvalue weighted by Gasteiger charge is -2.42. The van der Waals surface area contributed by atoms with Crippen molar-refractivity contribution in [2.45, 2.75) is 107 Å². The van der Waals surface area contributed by atoms with Crippen LogP contribution in [0.15, 0.2) is 41.1 Å². The highest BCUT2D eigenvalue weighted by Crippen LogP contribution is 2.49. The molecule has 4 saturated heterocycles. The number of esters is 1. The number of halogens is 1. The van der Waals surface area contributed by atoms with Crippen molar-refractivity contribution in [3.8, 4) is 5.75 Å². The van der Waals surface area contributed by atoms with Crippen molar-refractivity contribution >= 4 is 99.9 Å². The number of likely N-dealkylation sites (tertiary alicyclic amines) is 1. The average molecular weight is 1160 g/mol. The highest BCUT2D eigenvalue weighted by Gasteiger charge is 2.64. The number of nitrogens with one attached hydrogen (secondary N) is 2. The fraction of sp³-hybridized carbons (Fsp3) is 0.647. The number of alkyl carbamates (subject to hydrolysis) is 1. The number of allylic oxidation sites excluding steroid dienone is 3. The predicted molar refractivity (Wildman–Crippen MR) is 291 cm³/mol. The molecule has 5 heterocycles. The molecule has 0 saturated carbocycles. The summed E-state index contributed by atoms with van der Waals surface area (Å²) in [6, 6.07) is 2.39. The Kier molecular flexibility index (Phi) is 22.8. The summed E-state index contributed by atoms with van der Waals surface area (Å²) in [6.07, 6.45) is 0.253. The van der Waals surface area contributed by atoms with Gasteiger partial charge in [0.05, 0.1) is 69.3 Å². The summed E-state index contributed by atoms with van der Waals surface area (Å²) in [7, 11) is 5.86. The van der Waals surface area contributed by atoms with Gasteiger partial charge in [0.2, 0.25) is 23.6 Å². The van der Waals surface area contributed by atoms with Gasteiger partial charge in [0.15, 0.2) is 12.3 Å². The monoisotopic (exact) mass is 1150 g/mol. The molecule has 1 aromatic carbocycles. The molecule has 0 radical (unpaired) electrons. The number of imide groups is 1. The number of nitrogens with zero attached hydrogens (tertiary/aromatic N) is 4. The third-order valence-corrected chi connectivity index (χ3v) is 17.9. The summed E-state index contributed by atoms with van der Waals surface area (Å²) < 4.78 is 40.5. The molecule has 77 heavy (non-hydrogen) atoms. The van der Waals surface area contributed by atoms with Crippen LogP contribution in [0.25, 0.3) is 0 Å². The molecule has 4 bridgehead atoms. The molecule has 1 aromatic rings. The summed E-state index contributed by atoms with van der Waals surface area (Å²) in [5.41, 5.74) is -0.277. The van der Waals surface area contributed by atoms with Crippen LogP contribution in [0.2, 0.25) is 5.02 Å². The van der Waals surface area contributed by atoms with E-state index < -0.39 is 83.2 Å². The summed E-state index contributed by atoms with van der Waals surface area (Å²) in [5, 5.41) is 21.6. The van der Waals surface area contributed by atoms with Crippen LogP contribution in [0.1, 0.15) is 58.9 Å². The fourth-order valence-electron chi connectivity index (χ4n) is 9.15. The Labute approximate surface area is 466 Å². The molecule has 426 valence electrons. The minimum Gasteiger partial charge on any atom is -0.495 e. The standard InChI is InChI=1S/C51H71ClN6O16S3/c1-30-10-9-11-39(68-8)51(66)25-37(72-49(65)54-51)31(2)46-50(4,74-46)40(24-43(61)57(6)35-21-33(20-30)22-36(67-7)45(35)52)73-48(64)32(3)56(5)42(60)12-19-77-38-23-44(62)58(47(38)63)14-16-70-18-17-69-15-13-53-41(59)26-71-55-34-27-75-29-76-28-34/h9-11,21-22,31-32,37-40,46,66H,12-20,23-29H2,1-8H3,(H,53,59)(H,54,65)/b11-9+,30-10+/t31?,32-,37-,38?,39+,40-,46-,50-,51-/m0/s1. The first-order valence-electron chi connectivity index (χ1n) is 25.3. The Morgan fingerprint density at radius 1 is 1.08 bits per heavy atom. The normalized spacial score (nSPS) is 28.3. The second kappa shape index (κ2) is 28.5. The number of epoxide rings is 1. The maximum absolute atomic E-state index is 14.4. The Balaban J connectivity index is 1.01. The number of ether oxygens (including phenoxy) is 7. The van der Waals surface area contributed by atoms with Gasteiger partial charge in [0.25, 0.3) is 5.91 Å². The Morgan fingerprint density at radius 2 is 1.81 bits per heavy atom. The highest BCUT2D eigenvalue weighted by atomic mass is 35.5. The van der Waals surface area contributed by atoms with Gasteiger partial charge in [-0.1, -0.05) is 47.5 Å². The molecule has 4 fully saturated rings. The molecule has 22 nitrogen and oxygen atoms in total. The number of rotatable bonds is 21. The lowest BCUT2D eigenvalue weighted by molar-refractivity contribution is -0.162. The van der Waals surface area contributed by atoms with Crippen LogP contribution in [0.3, 0.4) is 0 Å². The number of hydrogen-bond acceptors (Lipinski definition) is 20. The first kappa shape index (κ1) is 61.6. The number of amides is 6. The maximum atomic E-state index is 14.4. The number of benzene rings is 1. The van der Waals surface area contributed by atoms with E-state index in [0.717, 1.165) is 38.3 Å². The summed E-state index contributed by atoms with van der Waals surface area (Å²) in [5.74, 6) is -1.30. The van der Waals surface area contributed by atoms with Crippen LogP contribution in [-0.2, 0) is 68.4 Å². The molecule has 0 aromatic heterocycles. The van der Waals surface area contributed by atoms with Crippen LogP contribution in [0.5, 0.6) is 5.75 Å². The van der Waals surface area contributed by atoms with E-state index in [0.29, 0.717) is 17.9 Å². The number of carbonyl (C=O) groups is 7. The maximum Gasteiger partial charge on any atom is 0.409 e. The highest BCUT2D eigenvalue weighted by molar-refractivity contribution is 8.17. The van der Waals surface area contributed by atoms with E-state index in [-0.39, 0.29) is 93.9 Å². The van der Waals surface area contributed by atoms with Crippen molar-refractivity contribution in [1.29, 1.82) is 0 Å². The number of fused-ring (bicyclic) bond motifs is 5. The van der Waals surface area contributed by atoms with Gasteiger partial charge in [0.1, 0.15) is 40.7 Å². The van der Waals surface area contributed by atoms with Gasteiger partial charge in [-0.15, -0.1) is 35.3 Å². The molecule has 6 amide bonds. The summed E-state index contributed by atoms with van der Waals surface area (Å²) in [6.45, 7) is 7.78. The molecule has 0 aliphatic carbocycles. The van der Waals surface area contributed by atoms with E-state index in [4.69, 9.17) is 49.6 Å². The SMILES string of the molecule is COc1cc2cc(c1Cl)N(C)C(=O)C[C@H](OC(=O)[C@H](C)N(C)C(=O)CCSC1CC(=O)N(CCOCCOCCNC(=O)CON=C3CSCSC3)C1=O)[C@]1(C)O[C@H]1C(C)[C@@H]1C[C@@](O)(NC(=O)O1)[C@H](OC)/C=C/C=C(\C)C2. The number of carbonyl (C=O) groups excluding carboxylic acids is 7. The zero-order valence-electron chi connectivity index (χ0n) is 44.7. The minimum atomic E-state index is -1.88. The quantitative estimate of drug-likeness (QED) is 0.0521. The van der Waals surface area contributed by atoms with Crippen LogP contribution < -0.4 is 20.3 Å². The van der Waals surface area contributed by atoms with Crippen LogP contribution >= 0.6 is 46.9 Å². The van der Waals surface area contributed by atoms with Crippen molar-refractivity contribution in [2.24, 2.45) is 11.1 Å². The second-order valence-corrected chi connectivity index (χ2v) is 23.4. The zero-order chi connectivity index (χ0) is 56.0. The molecule has 9 atom stereocenters. The fourth-order valence-corrected chi connectivity index (χ4v) is 12.6. The third-order valence-electron chi connectivity index (χ3n) is 13.9. The number of hydrogen-bond donors (Lipinski definition) is 3. The molecule has 5 aliphatic rings. The van der Waals surface area contributed by atoms with Gasteiger partial charge in [-0.05, 0) is 44.9 Å². The van der Waals surface area contributed by atoms with E-state index in [1.54, 1.807) is 68.7 Å². The van der Waals surface area contributed by atoms with Crippen molar-refractivity contribution in [3.63, 3.8) is 0 Å². The summed E-state index contributed by atoms with van der Waals surface area (Å²) in [4.78, 5) is 102. The van der Waals surface area contributed by atoms with Crippen molar-refractivity contribution in [1.82, 2.24) is 20.4 Å². The lowest BCUT2D eigenvalue weighted by Crippen LogP contribution is -2.63. The molecule has 6 rings (SSSR count). The molecule has 0 spiro atoms. The lowest BCUT2D eigenvalue weighted by atomic mass is 9.83. The van der Waals surface area contributed by atoms with Crippen molar-refractivity contribution < 1.29 is 76.7 Å². The Morgan fingerprint density at radius 3 is 2.52 bits per heavy atom. The van der Waals surface area contributed by atoms with Crippen LogP contribution in [-0.4, -0.2) is 206 Å². The van der Waals surface area contributed by atoms with Crippen molar-refractivity contribution in [2.75, 3.05) is 102 Å². The smallest absolute Gasteiger partial charge is 0.409 e. The van der Waals surface area contributed by atoms with E-state index in [1.165, 1.54) is 49.8 Å². The van der Waals surface area contributed by atoms with Crippen LogP contribution in [0.4, 0.5) is 10.5 Å². The summed E-state index contributed by atoms with van der Waals surface area (Å²) >= 11 is 11.5. The number of oxime groups is 1. The van der Waals surface area contributed by atoms with E-state index >= 15 is 0 Å². The van der Waals surface area contributed by atoms with Gasteiger partial charge in [-0.3, -0.25) is 34.2 Å². The molecule has 2 unspecified atom stereocenters. The number of methoxy groups -OCH3 is 2. The molecular weight excluding hydrogens is 1080 g/mol. The third kappa shape index (κ3) is 16.5. The average Bonchev–Trinajstić information content (AvgIpc) is 4.04. The zero-order valence-corrected chi connectivity index (χ0v) is 47.9. The van der Waals surface area contributed by atoms with Gasteiger partial charge in [-0.2, -0.15) is 0 Å². The van der Waals surface area contributed by atoms with Gasteiger partial charge in [-0.25, -0.2) is 9.59 Å². The topological polar surface area (TPSA) is 263 Å². The number of anilines is 1. The second-order valence-electron chi connectivity index (χ2n) is 19.4. The van der Waals surface area contributed by atoms with E-state index in [9.17, 15) is 38.7 Å². The van der Waals surface area contributed by atoms with Crippen molar-refractivity contribution in [3.05, 3.63) is 46.5 Å². The van der Waals surface area contributed by atoms with Crippen LogP contribution in [0, 0.1) is 5.92 Å². The molecule has 5 aliphatic heterocycles. The first-order valence-corrected chi connectivity index (χ1v) is 29.0. The van der Waals surface area contributed by atoms with Gasteiger partial charge < -0.3 is 58.2 Å². The first-order chi connectivity index (χ1) is 36.7. The van der Waals surface area contributed by atoms with Gasteiger partial charge in [0, 0.05) is 75.3 Å². The molecular formula is C51H71ClN6O16S3. The Bertz CT molecular complexity index is 2410. The van der Waals surface area contributed by atoms with E-state index in [2.05, 4.69) is 15.8 Å².